The molecule has 0 radical (unpaired) electrons. The summed E-state index contributed by atoms with van der Waals surface area (Å²) in [5.41, 5.74) is 3.25. The maximum atomic E-state index is 6.12. The van der Waals surface area contributed by atoms with Gasteiger partial charge < -0.3 is 9.97 Å². The molecule has 4 aromatic rings. The van der Waals surface area contributed by atoms with Crippen LogP contribution in [0.2, 0.25) is 10.0 Å². The van der Waals surface area contributed by atoms with Gasteiger partial charge >= 0.3 is 0 Å². The van der Waals surface area contributed by atoms with Crippen LogP contribution in [-0.2, 0) is 13.0 Å². The van der Waals surface area contributed by atoms with Crippen LogP contribution in [0.5, 0.6) is 0 Å². The van der Waals surface area contributed by atoms with E-state index in [4.69, 9.17) is 23.2 Å². The molecule has 1 saturated heterocycles. The van der Waals surface area contributed by atoms with E-state index in [-0.39, 0.29) is 0 Å². The zero-order valence-electron chi connectivity index (χ0n) is 16.5. The smallest absolute Gasteiger partial charge is 0.177 e. The number of fused-ring (bicyclic) bond motifs is 1. The Labute approximate surface area is 185 Å². The van der Waals surface area contributed by atoms with Crippen LogP contribution in [0.4, 0.5) is 0 Å². The van der Waals surface area contributed by atoms with Gasteiger partial charge in [0.25, 0.3) is 0 Å². The first-order valence-corrected chi connectivity index (χ1v) is 11.1. The summed E-state index contributed by atoms with van der Waals surface area (Å²) in [5.74, 6) is 2.38. The average molecular weight is 440 g/mol. The van der Waals surface area contributed by atoms with Crippen LogP contribution in [0.1, 0.15) is 24.2 Å². The van der Waals surface area contributed by atoms with E-state index in [1.807, 2.05) is 18.2 Å². The molecule has 5 nitrogen and oxygen atoms in total. The predicted octanol–water partition coefficient (Wildman–Crippen LogP) is 5.71. The number of aromatic nitrogens is 4. The van der Waals surface area contributed by atoms with Crippen molar-refractivity contribution >= 4 is 34.1 Å². The number of likely N-dealkylation sites (tertiary alicyclic amines) is 1. The Morgan fingerprint density at radius 3 is 2.50 bits per heavy atom. The Kier molecular flexibility index (Phi) is 5.50. The SMILES string of the molecule is Clc1cc2cc(-c3nnc(CN4CCC(Cc5ccccc5)CC4)[nH]3)[nH]c2cc1Cl. The van der Waals surface area contributed by atoms with Crippen LogP contribution < -0.4 is 0 Å². The molecular weight excluding hydrogens is 417 g/mol. The molecule has 0 unspecified atom stereocenters. The van der Waals surface area contributed by atoms with Gasteiger partial charge in [-0.2, -0.15) is 0 Å². The zero-order valence-corrected chi connectivity index (χ0v) is 18.0. The highest BCUT2D eigenvalue weighted by atomic mass is 35.5. The van der Waals surface area contributed by atoms with Gasteiger partial charge in [0.2, 0.25) is 0 Å². The summed E-state index contributed by atoms with van der Waals surface area (Å²) >= 11 is 12.2. The molecule has 3 heterocycles. The van der Waals surface area contributed by atoms with Gasteiger partial charge in [0.1, 0.15) is 5.82 Å². The van der Waals surface area contributed by atoms with E-state index in [0.717, 1.165) is 53.8 Å². The predicted molar refractivity (Wildman–Crippen MR) is 122 cm³/mol. The number of aromatic amines is 2. The highest BCUT2D eigenvalue weighted by Crippen LogP contribution is 2.30. The van der Waals surface area contributed by atoms with Gasteiger partial charge in [-0.3, -0.25) is 4.90 Å². The Morgan fingerprint density at radius 2 is 1.70 bits per heavy atom. The Morgan fingerprint density at radius 1 is 0.933 bits per heavy atom. The van der Waals surface area contributed by atoms with Crippen molar-refractivity contribution in [2.24, 2.45) is 5.92 Å². The lowest BCUT2D eigenvalue weighted by Crippen LogP contribution is -2.34. The van der Waals surface area contributed by atoms with Crippen molar-refractivity contribution < 1.29 is 0 Å². The fourth-order valence-electron chi connectivity index (χ4n) is 4.25. The highest BCUT2D eigenvalue weighted by molar-refractivity contribution is 6.42. The molecule has 2 N–H and O–H groups in total. The zero-order chi connectivity index (χ0) is 20.5. The van der Waals surface area contributed by atoms with Crippen LogP contribution in [-0.4, -0.2) is 38.2 Å². The number of nitrogens with zero attached hydrogens (tertiary/aromatic N) is 3. The second kappa shape index (κ2) is 8.42. The van der Waals surface area contributed by atoms with Crippen molar-refractivity contribution in [2.45, 2.75) is 25.8 Å². The summed E-state index contributed by atoms with van der Waals surface area (Å²) in [6, 6.07) is 16.5. The molecule has 2 aromatic heterocycles. The summed E-state index contributed by atoms with van der Waals surface area (Å²) in [4.78, 5) is 9.15. The van der Waals surface area contributed by atoms with E-state index in [9.17, 15) is 0 Å². The van der Waals surface area contributed by atoms with E-state index in [1.54, 1.807) is 0 Å². The first kappa shape index (κ1) is 19.6. The van der Waals surface area contributed by atoms with Crippen LogP contribution in [0.3, 0.4) is 0 Å². The lowest BCUT2D eigenvalue weighted by atomic mass is 9.90. The molecule has 2 aromatic carbocycles. The van der Waals surface area contributed by atoms with Gasteiger partial charge in [0, 0.05) is 10.9 Å². The minimum atomic E-state index is 0.534. The number of nitrogens with one attached hydrogen (secondary N) is 2. The fourth-order valence-corrected chi connectivity index (χ4v) is 4.59. The molecule has 0 aliphatic carbocycles. The van der Waals surface area contributed by atoms with Crippen LogP contribution in [0.25, 0.3) is 22.4 Å². The first-order valence-electron chi connectivity index (χ1n) is 10.3. The lowest BCUT2D eigenvalue weighted by molar-refractivity contribution is 0.173. The number of benzene rings is 2. The molecule has 154 valence electrons. The van der Waals surface area contributed by atoms with Crippen molar-refractivity contribution in [3.05, 3.63) is 70.0 Å². The number of halogens is 2. The van der Waals surface area contributed by atoms with Gasteiger partial charge in [0.05, 0.1) is 22.3 Å². The average Bonchev–Trinajstić information content (AvgIpc) is 3.37. The molecule has 0 bridgehead atoms. The van der Waals surface area contributed by atoms with Gasteiger partial charge in [0.15, 0.2) is 5.82 Å². The fraction of sp³-hybridized carbons (Fsp3) is 0.304. The third-order valence-corrected chi connectivity index (χ3v) is 6.62. The molecule has 1 aliphatic heterocycles. The van der Waals surface area contributed by atoms with Crippen LogP contribution in [0, 0.1) is 5.92 Å². The number of piperidine rings is 1. The monoisotopic (exact) mass is 439 g/mol. The van der Waals surface area contributed by atoms with Crippen LogP contribution in [0.15, 0.2) is 48.5 Å². The molecule has 5 rings (SSSR count). The normalized spacial score (nSPS) is 15.8. The minimum absolute atomic E-state index is 0.534. The Hall–Kier alpha value is -2.34. The molecule has 0 spiro atoms. The van der Waals surface area contributed by atoms with Crippen LogP contribution >= 0.6 is 23.2 Å². The number of hydrogen-bond donors (Lipinski definition) is 2. The van der Waals surface area contributed by atoms with E-state index in [2.05, 4.69) is 55.4 Å². The third kappa shape index (κ3) is 4.24. The van der Waals surface area contributed by atoms with Gasteiger partial charge in [-0.25, -0.2) is 0 Å². The summed E-state index contributed by atoms with van der Waals surface area (Å²) in [7, 11) is 0. The number of rotatable bonds is 5. The highest BCUT2D eigenvalue weighted by Gasteiger charge is 2.21. The molecule has 7 heteroatoms. The van der Waals surface area contributed by atoms with E-state index in [0.29, 0.717) is 10.0 Å². The minimum Gasteiger partial charge on any atom is -0.352 e. The first-order chi connectivity index (χ1) is 14.6. The van der Waals surface area contributed by atoms with E-state index in [1.165, 1.54) is 24.8 Å². The van der Waals surface area contributed by atoms with Gasteiger partial charge in [-0.05, 0) is 62.0 Å². The number of hydrogen-bond acceptors (Lipinski definition) is 3. The molecular formula is C23H23Cl2N5. The molecule has 1 fully saturated rings. The maximum Gasteiger partial charge on any atom is 0.177 e. The van der Waals surface area contributed by atoms with Crippen molar-refractivity contribution in [1.82, 2.24) is 25.1 Å². The van der Waals surface area contributed by atoms with E-state index < -0.39 is 0 Å². The third-order valence-electron chi connectivity index (χ3n) is 5.90. The summed E-state index contributed by atoms with van der Waals surface area (Å²) < 4.78 is 0. The van der Waals surface area contributed by atoms with E-state index >= 15 is 0 Å². The molecule has 1 aliphatic rings. The van der Waals surface area contributed by atoms with Crippen molar-refractivity contribution in [3.63, 3.8) is 0 Å². The summed E-state index contributed by atoms with van der Waals surface area (Å²) in [6.45, 7) is 2.98. The second-order valence-electron chi connectivity index (χ2n) is 8.07. The topological polar surface area (TPSA) is 60.6 Å². The molecule has 0 saturated carbocycles. The largest absolute Gasteiger partial charge is 0.352 e. The second-order valence-corrected chi connectivity index (χ2v) is 8.88. The van der Waals surface area contributed by atoms with Gasteiger partial charge in [-0.15, -0.1) is 10.2 Å². The summed E-state index contributed by atoms with van der Waals surface area (Å²) in [6.07, 6.45) is 3.62. The molecule has 0 atom stereocenters. The van der Waals surface area contributed by atoms with Crippen molar-refractivity contribution in [3.8, 4) is 11.5 Å². The quantitative estimate of drug-likeness (QED) is 0.418. The van der Waals surface area contributed by atoms with Crippen molar-refractivity contribution in [2.75, 3.05) is 13.1 Å². The summed E-state index contributed by atoms with van der Waals surface area (Å²) in [5, 5.41) is 10.8. The number of H-pyrrole nitrogens is 2. The van der Waals surface area contributed by atoms with Crippen molar-refractivity contribution in [1.29, 1.82) is 0 Å². The molecule has 0 amide bonds. The molecule has 30 heavy (non-hydrogen) atoms. The Bertz CT molecular complexity index is 1100. The maximum absolute atomic E-state index is 6.12. The Balaban J connectivity index is 1.21. The lowest BCUT2D eigenvalue weighted by Gasteiger charge is -2.31. The standard InChI is InChI=1S/C23H23Cl2N5/c24-18-11-17-12-21(26-20(17)13-19(18)25)23-27-22(28-29-23)14-30-8-6-16(7-9-30)10-15-4-2-1-3-5-15/h1-5,11-13,16,26H,6-10,14H2,(H,27,28,29). The van der Waals surface area contributed by atoms with Gasteiger partial charge in [-0.1, -0.05) is 53.5 Å².